The standard InChI is InChI=1S/C18H21N7/c19-16-6-8-22-18(23-16)25-10-3-4-14(12-25)17-21-9-11-24(17)13-15-5-1-2-7-20-15/h1-2,5-9,11,14H,3-4,10,12-13H2,(H2,19,22,23)/t14-/m0/s1. The maximum Gasteiger partial charge on any atom is 0.227 e. The first-order valence-electron chi connectivity index (χ1n) is 8.54. The molecule has 0 unspecified atom stereocenters. The molecule has 0 radical (unpaired) electrons. The van der Waals surface area contributed by atoms with Gasteiger partial charge in [0, 0.05) is 43.8 Å². The van der Waals surface area contributed by atoms with E-state index in [9.17, 15) is 0 Å². The average Bonchev–Trinajstić information content (AvgIpc) is 3.11. The minimum atomic E-state index is 0.345. The van der Waals surface area contributed by atoms with E-state index in [0.717, 1.165) is 44.0 Å². The van der Waals surface area contributed by atoms with Gasteiger partial charge in [-0.2, -0.15) is 4.98 Å². The van der Waals surface area contributed by atoms with Crippen molar-refractivity contribution in [3.63, 3.8) is 0 Å². The van der Waals surface area contributed by atoms with Crippen LogP contribution in [0.1, 0.15) is 30.3 Å². The summed E-state index contributed by atoms with van der Waals surface area (Å²) in [6, 6.07) is 7.70. The number of hydrogen-bond donors (Lipinski definition) is 1. The molecule has 1 aliphatic heterocycles. The van der Waals surface area contributed by atoms with Crippen LogP contribution in [-0.4, -0.2) is 37.6 Å². The topological polar surface area (TPSA) is 85.8 Å². The first-order chi connectivity index (χ1) is 12.3. The molecule has 1 aliphatic rings. The summed E-state index contributed by atoms with van der Waals surface area (Å²) in [4.78, 5) is 20.0. The van der Waals surface area contributed by atoms with Gasteiger partial charge in [0.1, 0.15) is 11.6 Å². The number of hydrogen-bond acceptors (Lipinski definition) is 6. The van der Waals surface area contributed by atoms with Crippen molar-refractivity contribution >= 4 is 11.8 Å². The summed E-state index contributed by atoms with van der Waals surface area (Å²) in [5.41, 5.74) is 6.84. The lowest BCUT2D eigenvalue weighted by Gasteiger charge is -2.32. The van der Waals surface area contributed by atoms with Crippen LogP contribution in [0, 0.1) is 0 Å². The first-order valence-corrected chi connectivity index (χ1v) is 8.54. The fourth-order valence-electron chi connectivity index (χ4n) is 3.36. The SMILES string of the molecule is Nc1ccnc(N2CCC[C@H](c3nccn3Cc3ccccn3)C2)n1. The molecule has 0 bridgehead atoms. The molecule has 4 rings (SSSR count). The number of imidazole rings is 1. The van der Waals surface area contributed by atoms with Crippen molar-refractivity contribution in [2.75, 3.05) is 23.7 Å². The predicted molar refractivity (Wildman–Crippen MR) is 96.2 cm³/mol. The van der Waals surface area contributed by atoms with Crippen LogP contribution in [0.3, 0.4) is 0 Å². The highest BCUT2D eigenvalue weighted by atomic mass is 15.3. The summed E-state index contributed by atoms with van der Waals surface area (Å²) in [6.45, 7) is 2.53. The third kappa shape index (κ3) is 3.45. The lowest BCUT2D eigenvalue weighted by atomic mass is 9.97. The summed E-state index contributed by atoms with van der Waals surface area (Å²) in [5, 5.41) is 0. The Morgan fingerprint density at radius 2 is 2.04 bits per heavy atom. The molecule has 1 saturated heterocycles. The molecule has 1 atom stereocenters. The summed E-state index contributed by atoms with van der Waals surface area (Å²) >= 11 is 0. The summed E-state index contributed by atoms with van der Waals surface area (Å²) < 4.78 is 2.19. The van der Waals surface area contributed by atoms with Crippen LogP contribution in [-0.2, 0) is 6.54 Å². The van der Waals surface area contributed by atoms with Crippen molar-refractivity contribution in [3.8, 4) is 0 Å². The van der Waals surface area contributed by atoms with Crippen LogP contribution in [0.25, 0.3) is 0 Å². The highest BCUT2D eigenvalue weighted by Gasteiger charge is 2.26. The van der Waals surface area contributed by atoms with Gasteiger partial charge in [0.2, 0.25) is 5.95 Å². The second kappa shape index (κ2) is 6.88. The monoisotopic (exact) mass is 335 g/mol. The van der Waals surface area contributed by atoms with Gasteiger partial charge < -0.3 is 15.2 Å². The van der Waals surface area contributed by atoms with Crippen molar-refractivity contribution < 1.29 is 0 Å². The Balaban J connectivity index is 1.53. The Kier molecular flexibility index (Phi) is 4.28. The Hall–Kier alpha value is -2.96. The Morgan fingerprint density at radius 1 is 1.08 bits per heavy atom. The molecule has 0 aliphatic carbocycles. The van der Waals surface area contributed by atoms with E-state index in [4.69, 9.17) is 5.73 Å². The van der Waals surface area contributed by atoms with Gasteiger partial charge in [-0.1, -0.05) is 6.07 Å². The smallest absolute Gasteiger partial charge is 0.227 e. The number of pyridine rings is 1. The fraction of sp³-hybridized carbons (Fsp3) is 0.333. The van der Waals surface area contributed by atoms with E-state index in [1.54, 1.807) is 12.3 Å². The maximum absolute atomic E-state index is 5.80. The van der Waals surface area contributed by atoms with Gasteiger partial charge in [-0.05, 0) is 31.0 Å². The molecule has 3 aromatic heterocycles. The van der Waals surface area contributed by atoms with Gasteiger partial charge in [-0.3, -0.25) is 4.98 Å². The highest BCUT2D eigenvalue weighted by molar-refractivity contribution is 5.38. The number of nitrogen functional groups attached to an aromatic ring is 1. The van der Waals surface area contributed by atoms with Gasteiger partial charge >= 0.3 is 0 Å². The van der Waals surface area contributed by atoms with Gasteiger partial charge in [0.25, 0.3) is 0 Å². The summed E-state index contributed by atoms with van der Waals surface area (Å²) in [7, 11) is 0. The van der Waals surface area contributed by atoms with Crippen molar-refractivity contribution in [1.82, 2.24) is 24.5 Å². The molecule has 0 aromatic carbocycles. The summed E-state index contributed by atoms with van der Waals surface area (Å²) in [5.74, 6) is 2.65. The van der Waals surface area contributed by atoms with Crippen LogP contribution < -0.4 is 10.6 Å². The van der Waals surface area contributed by atoms with Gasteiger partial charge in [0.05, 0.1) is 12.2 Å². The number of nitrogens with zero attached hydrogens (tertiary/aromatic N) is 6. The number of piperidine rings is 1. The molecular weight excluding hydrogens is 314 g/mol. The minimum Gasteiger partial charge on any atom is -0.384 e. The number of nitrogens with two attached hydrogens (primary N) is 1. The lowest BCUT2D eigenvalue weighted by molar-refractivity contribution is 0.471. The summed E-state index contributed by atoms with van der Waals surface area (Å²) in [6.07, 6.45) is 9.63. The molecule has 1 fully saturated rings. The molecule has 25 heavy (non-hydrogen) atoms. The molecular formula is C18H21N7. The second-order valence-electron chi connectivity index (χ2n) is 6.30. The lowest BCUT2D eigenvalue weighted by Crippen LogP contribution is -2.36. The van der Waals surface area contributed by atoms with Crippen LogP contribution in [0.2, 0.25) is 0 Å². The van der Waals surface area contributed by atoms with Crippen molar-refractivity contribution in [2.45, 2.75) is 25.3 Å². The van der Waals surface area contributed by atoms with E-state index >= 15 is 0 Å². The first kappa shape index (κ1) is 15.6. The molecule has 4 heterocycles. The van der Waals surface area contributed by atoms with Crippen LogP contribution >= 0.6 is 0 Å². The van der Waals surface area contributed by atoms with E-state index in [2.05, 4.69) is 29.4 Å². The molecule has 128 valence electrons. The predicted octanol–water partition coefficient (Wildman–Crippen LogP) is 2.08. The van der Waals surface area contributed by atoms with E-state index < -0.39 is 0 Å². The van der Waals surface area contributed by atoms with Gasteiger partial charge in [-0.25, -0.2) is 9.97 Å². The molecule has 3 aromatic rings. The zero-order chi connectivity index (χ0) is 17.1. The van der Waals surface area contributed by atoms with Crippen molar-refractivity contribution in [1.29, 1.82) is 0 Å². The molecule has 7 nitrogen and oxygen atoms in total. The van der Waals surface area contributed by atoms with E-state index in [0.29, 0.717) is 17.7 Å². The number of anilines is 2. The third-order valence-corrected chi connectivity index (χ3v) is 4.54. The van der Waals surface area contributed by atoms with E-state index in [-0.39, 0.29) is 0 Å². The van der Waals surface area contributed by atoms with E-state index in [1.807, 2.05) is 36.8 Å². The largest absolute Gasteiger partial charge is 0.384 e. The van der Waals surface area contributed by atoms with Crippen molar-refractivity contribution in [3.05, 3.63) is 60.6 Å². The van der Waals surface area contributed by atoms with Gasteiger partial charge in [-0.15, -0.1) is 0 Å². The minimum absolute atomic E-state index is 0.345. The molecule has 0 saturated carbocycles. The average molecular weight is 335 g/mol. The van der Waals surface area contributed by atoms with E-state index in [1.165, 1.54) is 0 Å². The molecule has 0 spiro atoms. The Morgan fingerprint density at radius 3 is 2.88 bits per heavy atom. The fourth-order valence-corrected chi connectivity index (χ4v) is 3.36. The van der Waals surface area contributed by atoms with Crippen LogP contribution in [0.5, 0.6) is 0 Å². The third-order valence-electron chi connectivity index (χ3n) is 4.54. The normalized spacial score (nSPS) is 17.6. The van der Waals surface area contributed by atoms with Crippen LogP contribution in [0.15, 0.2) is 49.1 Å². The Bertz CT molecular complexity index is 830. The van der Waals surface area contributed by atoms with Crippen LogP contribution in [0.4, 0.5) is 11.8 Å². The maximum atomic E-state index is 5.80. The molecule has 7 heteroatoms. The zero-order valence-electron chi connectivity index (χ0n) is 14.0. The second-order valence-corrected chi connectivity index (χ2v) is 6.30. The Labute approximate surface area is 146 Å². The molecule has 2 N–H and O–H groups in total. The zero-order valence-corrected chi connectivity index (χ0v) is 14.0. The number of rotatable bonds is 4. The number of aromatic nitrogens is 5. The highest BCUT2D eigenvalue weighted by Crippen LogP contribution is 2.28. The van der Waals surface area contributed by atoms with Gasteiger partial charge in [0.15, 0.2) is 0 Å². The quantitative estimate of drug-likeness (QED) is 0.786. The van der Waals surface area contributed by atoms with Crippen molar-refractivity contribution in [2.24, 2.45) is 0 Å². The molecule has 0 amide bonds.